The molecule has 2 atom stereocenters. The van der Waals surface area contributed by atoms with E-state index in [1.807, 2.05) is 25.1 Å². The SMILES string of the molecule is COc1ccc(OC)c([C@@H](C)NC(=O)CN[C@H](c2nnc3n2CCC3)C(C)C)c1. The predicted octanol–water partition coefficient (Wildman–Crippen LogP) is 2.41. The fraction of sp³-hybridized carbons (Fsp3) is 0.571. The van der Waals surface area contributed by atoms with Crippen LogP contribution >= 0.6 is 0 Å². The molecular weight excluding hydrogens is 370 g/mol. The first-order valence-electron chi connectivity index (χ1n) is 10.1. The van der Waals surface area contributed by atoms with Gasteiger partial charge in [0.2, 0.25) is 5.91 Å². The maximum Gasteiger partial charge on any atom is 0.234 e. The van der Waals surface area contributed by atoms with E-state index in [-0.39, 0.29) is 30.5 Å². The van der Waals surface area contributed by atoms with Gasteiger partial charge in [0.25, 0.3) is 0 Å². The van der Waals surface area contributed by atoms with Crippen molar-refractivity contribution in [2.24, 2.45) is 5.92 Å². The van der Waals surface area contributed by atoms with Crippen LogP contribution in [0.5, 0.6) is 11.5 Å². The van der Waals surface area contributed by atoms with Crippen molar-refractivity contribution in [3.05, 3.63) is 35.4 Å². The lowest BCUT2D eigenvalue weighted by molar-refractivity contribution is -0.121. The van der Waals surface area contributed by atoms with Gasteiger partial charge in [-0.2, -0.15) is 0 Å². The molecule has 3 rings (SSSR count). The number of amides is 1. The quantitative estimate of drug-likeness (QED) is 0.671. The molecule has 8 nitrogen and oxygen atoms in total. The van der Waals surface area contributed by atoms with Gasteiger partial charge in [0.05, 0.1) is 32.8 Å². The van der Waals surface area contributed by atoms with Crippen molar-refractivity contribution in [2.75, 3.05) is 20.8 Å². The van der Waals surface area contributed by atoms with Crippen molar-refractivity contribution in [1.29, 1.82) is 0 Å². The fourth-order valence-corrected chi connectivity index (χ4v) is 3.78. The molecule has 2 N–H and O–H groups in total. The molecule has 158 valence electrons. The third-order valence-electron chi connectivity index (χ3n) is 5.35. The van der Waals surface area contributed by atoms with Gasteiger partial charge in [-0.15, -0.1) is 10.2 Å². The number of fused-ring (bicyclic) bond motifs is 1. The zero-order valence-electron chi connectivity index (χ0n) is 17.9. The summed E-state index contributed by atoms with van der Waals surface area (Å²) in [5.74, 6) is 3.59. The maximum absolute atomic E-state index is 12.6. The van der Waals surface area contributed by atoms with Gasteiger partial charge < -0.3 is 19.4 Å². The van der Waals surface area contributed by atoms with Crippen molar-refractivity contribution in [2.45, 2.75) is 52.2 Å². The van der Waals surface area contributed by atoms with E-state index in [9.17, 15) is 4.79 Å². The molecule has 1 aliphatic heterocycles. The van der Waals surface area contributed by atoms with E-state index in [0.717, 1.165) is 42.3 Å². The number of ether oxygens (including phenoxy) is 2. The Morgan fingerprint density at radius 1 is 1.21 bits per heavy atom. The van der Waals surface area contributed by atoms with Gasteiger partial charge in [0, 0.05) is 18.5 Å². The van der Waals surface area contributed by atoms with Crippen LogP contribution in [-0.2, 0) is 17.8 Å². The second-order valence-electron chi connectivity index (χ2n) is 7.73. The molecule has 0 unspecified atom stereocenters. The lowest BCUT2D eigenvalue weighted by Crippen LogP contribution is -2.39. The van der Waals surface area contributed by atoms with Crippen LogP contribution in [0.15, 0.2) is 18.2 Å². The average molecular weight is 402 g/mol. The van der Waals surface area contributed by atoms with Gasteiger partial charge in [-0.1, -0.05) is 13.8 Å². The predicted molar refractivity (Wildman–Crippen MR) is 110 cm³/mol. The summed E-state index contributed by atoms with van der Waals surface area (Å²) >= 11 is 0. The highest BCUT2D eigenvalue weighted by Gasteiger charge is 2.26. The molecule has 1 aliphatic rings. The standard InChI is InChI=1S/C21H31N5O3/c1-13(2)20(21-25-24-18-7-6-10-26(18)21)22-12-19(27)23-14(3)16-11-15(28-4)8-9-17(16)29-5/h8-9,11,13-14,20,22H,6-7,10,12H2,1-5H3,(H,23,27)/t14-,20+/m1/s1. The summed E-state index contributed by atoms with van der Waals surface area (Å²) in [4.78, 5) is 12.6. The van der Waals surface area contributed by atoms with Crippen LogP contribution in [0.25, 0.3) is 0 Å². The molecule has 0 fully saturated rings. The number of benzene rings is 1. The van der Waals surface area contributed by atoms with Crippen LogP contribution in [0.4, 0.5) is 0 Å². The third kappa shape index (κ3) is 4.70. The monoisotopic (exact) mass is 401 g/mol. The van der Waals surface area contributed by atoms with Crippen LogP contribution in [0.3, 0.4) is 0 Å². The van der Waals surface area contributed by atoms with Gasteiger partial charge in [0.1, 0.15) is 23.1 Å². The first-order valence-corrected chi connectivity index (χ1v) is 10.1. The van der Waals surface area contributed by atoms with E-state index in [4.69, 9.17) is 9.47 Å². The van der Waals surface area contributed by atoms with E-state index in [1.165, 1.54) is 0 Å². The molecule has 0 bridgehead atoms. The molecule has 0 saturated heterocycles. The Balaban J connectivity index is 1.64. The Morgan fingerprint density at radius 2 is 2.00 bits per heavy atom. The minimum atomic E-state index is -0.218. The Morgan fingerprint density at radius 3 is 2.69 bits per heavy atom. The minimum Gasteiger partial charge on any atom is -0.497 e. The van der Waals surface area contributed by atoms with Gasteiger partial charge >= 0.3 is 0 Å². The number of carbonyl (C=O) groups is 1. The molecule has 2 heterocycles. The summed E-state index contributed by atoms with van der Waals surface area (Å²) in [6.07, 6.45) is 2.07. The van der Waals surface area contributed by atoms with E-state index in [1.54, 1.807) is 14.2 Å². The van der Waals surface area contributed by atoms with Gasteiger partial charge in [-0.25, -0.2) is 0 Å². The van der Waals surface area contributed by atoms with Crippen LogP contribution in [0, 0.1) is 5.92 Å². The first-order chi connectivity index (χ1) is 13.9. The van der Waals surface area contributed by atoms with Gasteiger partial charge in [-0.05, 0) is 37.5 Å². The maximum atomic E-state index is 12.6. The smallest absolute Gasteiger partial charge is 0.234 e. The summed E-state index contributed by atoms with van der Waals surface area (Å²) in [7, 11) is 3.23. The Labute approximate surface area is 172 Å². The summed E-state index contributed by atoms with van der Waals surface area (Å²) in [6, 6.07) is 5.32. The molecular formula is C21H31N5O3. The molecule has 0 radical (unpaired) electrons. The normalized spacial score (nSPS) is 15.1. The molecule has 8 heteroatoms. The largest absolute Gasteiger partial charge is 0.497 e. The van der Waals surface area contributed by atoms with Crippen molar-refractivity contribution in [3.63, 3.8) is 0 Å². The topological polar surface area (TPSA) is 90.3 Å². The number of aryl methyl sites for hydroxylation is 1. The number of aromatic nitrogens is 3. The zero-order valence-corrected chi connectivity index (χ0v) is 17.9. The number of hydrogen-bond acceptors (Lipinski definition) is 6. The lowest BCUT2D eigenvalue weighted by Gasteiger charge is -2.23. The average Bonchev–Trinajstić information content (AvgIpc) is 3.32. The van der Waals surface area contributed by atoms with Crippen molar-refractivity contribution < 1.29 is 14.3 Å². The number of nitrogens with one attached hydrogen (secondary N) is 2. The van der Waals surface area contributed by atoms with Crippen LogP contribution < -0.4 is 20.1 Å². The van der Waals surface area contributed by atoms with E-state index in [2.05, 4.69) is 39.2 Å². The van der Waals surface area contributed by atoms with Crippen LogP contribution in [0.1, 0.15) is 56.5 Å². The van der Waals surface area contributed by atoms with Crippen molar-refractivity contribution >= 4 is 5.91 Å². The molecule has 0 spiro atoms. The zero-order chi connectivity index (χ0) is 21.0. The second-order valence-corrected chi connectivity index (χ2v) is 7.73. The second kappa shape index (κ2) is 9.26. The molecule has 29 heavy (non-hydrogen) atoms. The first kappa shape index (κ1) is 21.1. The lowest BCUT2D eigenvalue weighted by atomic mass is 10.0. The highest BCUT2D eigenvalue weighted by Crippen LogP contribution is 2.29. The van der Waals surface area contributed by atoms with E-state index < -0.39 is 0 Å². The van der Waals surface area contributed by atoms with Crippen molar-refractivity contribution in [3.8, 4) is 11.5 Å². The highest BCUT2D eigenvalue weighted by atomic mass is 16.5. The number of rotatable bonds is 9. The fourth-order valence-electron chi connectivity index (χ4n) is 3.78. The summed E-state index contributed by atoms with van der Waals surface area (Å²) < 4.78 is 12.9. The van der Waals surface area contributed by atoms with Gasteiger partial charge in [0.15, 0.2) is 0 Å². The van der Waals surface area contributed by atoms with E-state index >= 15 is 0 Å². The summed E-state index contributed by atoms with van der Waals surface area (Å²) in [6.45, 7) is 7.31. The van der Waals surface area contributed by atoms with Crippen LogP contribution in [0.2, 0.25) is 0 Å². The van der Waals surface area contributed by atoms with Crippen molar-refractivity contribution in [1.82, 2.24) is 25.4 Å². The number of hydrogen-bond donors (Lipinski definition) is 2. The summed E-state index contributed by atoms with van der Waals surface area (Å²) in [5.41, 5.74) is 0.871. The number of carbonyl (C=O) groups excluding carboxylic acids is 1. The summed E-state index contributed by atoms with van der Waals surface area (Å²) in [5, 5.41) is 15.1. The number of nitrogens with zero attached hydrogens (tertiary/aromatic N) is 3. The molecule has 2 aromatic rings. The van der Waals surface area contributed by atoms with E-state index in [0.29, 0.717) is 5.75 Å². The molecule has 1 amide bonds. The Hall–Kier alpha value is -2.61. The highest BCUT2D eigenvalue weighted by molar-refractivity contribution is 5.78. The Kier molecular flexibility index (Phi) is 6.74. The minimum absolute atomic E-state index is 0.0261. The Bertz CT molecular complexity index is 849. The van der Waals surface area contributed by atoms with Crippen LogP contribution in [-0.4, -0.2) is 41.4 Å². The molecule has 1 aromatic carbocycles. The molecule has 0 aliphatic carbocycles. The molecule has 1 aromatic heterocycles. The third-order valence-corrected chi connectivity index (χ3v) is 5.35. The van der Waals surface area contributed by atoms with Gasteiger partial charge in [-0.3, -0.25) is 10.1 Å². The molecule has 0 saturated carbocycles. The number of methoxy groups -OCH3 is 2.